The van der Waals surface area contributed by atoms with Gasteiger partial charge in [-0.1, -0.05) is 12.8 Å². The lowest BCUT2D eigenvalue weighted by molar-refractivity contribution is -0.0577. The highest BCUT2D eigenvalue weighted by Crippen LogP contribution is 2.41. The molecule has 2 heterocycles. The SMILES string of the molecule is Cc1cc(C(=O)N2CCC[C@@H]2[C@H]2CCCC[C@]2(C)O)co1. The van der Waals surface area contributed by atoms with Crippen LogP contribution in [0.15, 0.2) is 16.7 Å². The van der Waals surface area contributed by atoms with Crippen LogP contribution >= 0.6 is 0 Å². The van der Waals surface area contributed by atoms with Crippen LogP contribution in [-0.2, 0) is 0 Å². The van der Waals surface area contributed by atoms with E-state index < -0.39 is 5.60 Å². The van der Waals surface area contributed by atoms with Gasteiger partial charge < -0.3 is 14.4 Å². The molecule has 3 atom stereocenters. The summed E-state index contributed by atoms with van der Waals surface area (Å²) in [6.45, 7) is 4.59. The van der Waals surface area contributed by atoms with Crippen molar-refractivity contribution in [1.29, 1.82) is 0 Å². The molecule has 0 aromatic carbocycles. The van der Waals surface area contributed by atoms with Gasteiger partial charge in [0.2, 0.25) is 0 Å². The van der Waals surface area contributed by atoms with Gasteiger partial charge in [0, 0.05) is 18.5 Å². The molecule has 1 N–H and O–H groups in total. The van der Waals surface area contributed by atoms with E-state index in [0.29, 0.717) is 5.56 Å². The van der Waals surface area contributed by atoms with Gasteiger partial charge in [0.25, 0.3) is 5.91 Å². The average Bonchev–Trinajstić information content (AvgIpc) is 3.06. The van der Waals surface area contributed by atoms with Crippen LogP contribution in [0, 0.1) is 12.8 Å². The van der Waals surface area contributed by atoms with Crippen molar-refractivity contribution in [2.75, 3.05) is 6.54 Å². The van der Waals surface area contributed by atoms with Crippen LogP contribution in [0.25, 0.3) is 0 Å². The summed E-state index contributed by atoms with van der Waals surface area (Å²) in [6.07, 6.45) is 7.69. The molecule has 1 aliphatic carbocycles. The zero-order valence-electron chi connectivity index (χ0n) is 13.0. The Labute approximate surface area is 126 Å². The van der Waals surface area contributed by atoms with Crippen LogP contribution in [0.3, 0.4) is 0 Å². The molecule has 0 spiro atoms. The monoisotopic (exact) mass is 291 g/mol. The minimum atomic E-state index is -0.641. The Bertz CT molecular complexity index is 520. The lowest BCUT2D eigenvalue weighted by Crippen LogP contribution is -2.50. The van der Waals surface area contributed by atoms with Gasteiger partial charge in [0.05, 0.1) is 11.2 Å². The number of hydrogen-bond donors (Lipinski definition) is 1. The number of carbonyl (C=O) groups is 1. The summed E-state index contributed by atoms with van der Waals surface area (Å²) in [6, 6.07) is 1.97. The van der Waals surface area contributed by atoms with Crippen molar-refractivity contribution < 1.29 is 14.3 Å². The van der Waals surface area contributed by atoms with E-state index in [4.69, 9.17) is 4.42 Å². The second-order valence-corrected chi connectivity index (χ2v) is 6.86. The molecule has 1 aromatic rings. The van der Waals surface area contributed by atoms with Crippen molar-refractivity contribution in [2.24, 2.45) is 5.92 Å². The molecule has 116 valence electrons. The van der Waals surface area contributed by atoms with Crippen LogP contribution < -0.4 is 0 Å². The molecular weight excluding hydrogens is 266 g/mol. The highest BCUT2D eigenvalue weighted by Gasteiger charge is 2.44. The standard InChI is InChI=1S/C17H25NO3/c1-12-10-13(11-21-12)16(19)18-9-5-7-15(18)14-6-3-4-8-17(14,2)20/h10-11,14-15,20H,3-9H2,1-2H3/t14-,15-,17+/m1/s1. The van der Waals surface area contributed by atoms with E-state index in [9.17, 15) is 9.90 Å². The van der Waals surface area contributed by atoms with Crippen LogP contribution in [0.2, 0.25) is 0 Å². The number of furan rings is 1. The molecule has 21 heavy (non-hydrogen) atoms. The van der Waals surface area contributed by atoms with Crippen molar-refractivity contribution in [3.63, 3.8) is 0 Å². The Morgan fingerprint density at radius 3 is 2.86 bits per heavy atom. The smallest absolute Gasteiger partial charge is 0.257 e. The topological polar surface area (TPSA) is 53.7 Å². The summed E-state index contributed by atoms with van der Waals surface area (Å²) in [5.41, 5.74) is -0.00665. The highest BCUT2D eigenvalue weighted by atomic mass is 16.3. The third-order valence-electron chi connectivity index (χ3n) is 5.25. The first kappa shape index (κ1) is 14.6. The molecule has 1 aromatic heterocycles. The molecule has 0 bridgehead atoms. The number of hydrogen-bond acceptors (Lipinski definition) is 3. The summed E-state index contributed by atoms with van der Waals surface area (Å²) >= 11 is 0. The first-order chi connectivity index (χ1) is 9.99. The summed E-state index contributed by atoms with van der Waals surface area (Å²) in [7, 11) is 0. The fourth-order valence-electron chi connectivity index (χ4n) is 4.13. The molecular formula is C17H25NO3. The van der Waals surface area contributed by atoms with E-state index in [1.807, 2.05) is 18.7 Å². The van der Waals surface area contributed by atoms with Crippen molar-refractivity contribution >= 4 is 5.91 Å². The van der Waals surface area contributed by atoms with E-state index in [0.717, 1.165) is 50.8 Å². The first-order valence-electron chi connectivity index (χ1n) is 8.07. The van der Waals surface area contributed by atoms with Crippen LogP contribution in [0.4, 0.5) is 0 Å². The maximum Gasteiger partial charge on any atom is 0.257 e. The zero-order chi connectivity index (χ0) is 15.0. The van der Waals surface area contributed by atoms with Crippen LogP contribution in [0.1, 0.15) is 61.6 Å². The van der Waals surface area contributed by atoms with Gasteiger partial charge >= 0.3 is 0 Å². The summed E-state index contributed by atoms with van der Waals surface area (Å²) in [4.78, 5) is 14.7. The normalized spacial score (nSPS) is 33.4. The Kier molecular flexibility index (Phi) is 3.82. The molecule has 1 amide bonds. The van der Waals surface area contributed by atoms with Gasteiger partial charge in [0.15, 0.2) is 0 Å². The van der Waals surface area contributed by atoms with Gasteiger partial charge in [-0.15, -0.1) is 0 Å². The fraction of sp³-hybridized carbons (Fsp3) is 0.706. The second-order valence-electron chi connectivity index (χ2n) is 6.86. The molecule has 1 saturated heterocycles. The van der Waals surface area contributed by atoms with Crippen LogP contribution in [-0.4, -0.2) is 34.1 Å². The number of likely N-dealkylation sites (tertiary alicyclic amines) is 1. The molecule has 3 rings (SSSR count). The number of carbonyl (C=O) groups excluding carboxylic acids is 1. The first-order valence-corrected chi connectivity index (χ1v) is 8.07. The largest absolute Gasteiger partial charge is 0.469 e. The minimum absolute atomic E-state index is 0.0516. The van der Waals surface area contributed by atoms with Crippen molar-refractivity contribution in [1.82, 2.24) is 4.90 Å². The van der Waals surface area contributed by atoms with Gasteiger partial charge in [-0.25, -0.2) is 0 Å². The van der Waals surface area contributed by atoms with Gasteiger partial charge in [0.1, 0.15) is 12.0 Å². The minimum Gasteiger partial charge on any atom is -0.469 e. The molecule has 4 nitrogen and oxygen atoms in total. The maximum absolute atomic E-state index is 12.7. The summed E-state index contributed by atoms with van der Waals surface area (Å²) in [5.74, 6) is 1.01. The molecule has 2 aliphatic rings. The van der Waals surface area contributed by atoms with Gasteiger partial charge in [-0.2, -0.15) is 0 Å². The third-order valence-corrected chi connectivity index (χ3v) is 5.25. The lowest BCUT2D eigenvalue weighted by atomic mass is 9.72. The zero-order valence-corrected chi connectivity index (χ0v) is 13.0. The molecule has 0 radical (unpaired) electrons. The Hall–Kier alpha value is -1.29. The Balaban J connectivity index is 1.80. The van der Waals surface area contributed by atoms with Gasteiger partial charge in [-0.3, -0.25) is 4.79 Å². The van der Waals surface area contributed by atoms with Crippen molar-refractivity contribution in [3.05, 3.63) is 23.7 Å². The van der Waals surface area contributed by atoms with Crippen LogP contribution in [0.5, 0.6) is 0 Å². The van der Waals surface area contributed by atoms with E-state index >= 15 is 0 Å². The number of nitrogens with zero attached hydrogens (tertiary/aromatic N) is 1. The predicted octanol–water partition coefficient (Wildman–Crippen LogP) is 3.13. The number of amides is 1. The van der Waals surface area contributed by atoms with E-state index in [1.54, 1.807) is 12.3 Å². The second kappa shape index (κ2) is 5.48. The highest BCUT2D eigenvalue weighted by molar-refractivity contribution is 5.94. The molecule has 1 saturated carbocycles. The lowest BCUT2D eigenvalue weighted by Gasteiger charge is -2.43. The van der Waals surface area contributed by atoms with Gasteiger partial charge in [-0.05, 0) is 45.6 Å². The molecule has 2 fully saturated rings. The maximum atomic E-state index is 12.7. The number of rotatable bonds is 2. The third kappa shape index (κ3) is 2.73. The number of aryl methyl sites for hydroxylation is 1. The quantitative estimate of drug-likeness (QED) is 0.910. The summed E-state index contributed by atoms with van der Waals surface area (Å²) < 4.78 is 5.27. The summed E-state index contributed by atoms with van der Waals surface area (Å²) in [5, 5.41) is 10.7. The average molecular weight is 291 g/mol. The van der Waals surface area contributed by atoms with Crippen molar-refractivity contribution in [2.45, 2.75) is 64.0 Å². The Morgan fingerprint density at radius 1 is 1.38 bits per heavy atom. The predicted molar refractivity (Wildman–Crippen MR) is 80.1 cm³/mol. The van der Waals surface area contributed by atoms with E-state index in [2.05, 4.69) is 0 Å². The molecule has 4 heteroatoms. The fourth-order valence-corrected chi connectivity index (χ4v) is 4.13. The molecule has 1 aliphatic heterocycles. The number of aliphatic hydroxyl groups is 1. The Morgan fingerprint density at radius 2 is 2.19 bits per heavy atom. The molecule has 0 unspecified atom stereocenters. The van der Waals surface area contributed by atoms with E-state index in [1.165, 1.54) is 0 Å². The van der Waals surface area contributed by atoms with Crippen molar-refractivity contribution in [3.8, 4) is 0 Å². The van der Waals surface area contributed by atoms with E-state index in [-0.39, 0.29) is 17.9 Å².